The van der Waals surface area contributed by atoms with Gasteiger partial charge in [0.05, 0.1) is 16.6 Å². The lowest BCUT2D eigenvalue weighted by atomic mass is 9.33. The largest absolute Gasteiger partial charge is 0.335 e. The molecule has 5 heterocycles. The van der Waals surface area contributed by atoms with Crippen molar-refractivity contribution in [1.82, 2.24) is 4.57 Å². The molecule has 1 aromatic heterocycles. The van der Waals surface area contributed by atoms with Crippen molar-refractivity contribution in [2.24, 2.45) is 0 Å². The Morgan fingerprint density at radius 1 is 0.607 bits per heavy atom. The minimum Gasteiger partial charge on any atom is -0.335 e. The average Bonchev–Trinajstić information content (AvgIpc) is 3.78. The molecule has 4 unspecified atom stereocenters. The van der Waals surface area contributed by atoms with Crippen molar-refractivity contribution in [2.75, 3.05) is 9.80 Å². The number of aromatic nitrogens is 1. The number of hydrogen-bond donors (Lipinski definition) is 0. The summed E-state index contributed by atoms with van der Waals surface area (Å²) in [7, 11) is 0. The molecule has 0 amide bonds. The number of nitrogens with zero attached hydrogens (tertiary/aromatic N) is 3. The van der Waals surface area contributed by atoms with E-state index in [-0.39, 0.29) is 34.0 Å². The first-order valence-corrected chi connectivity index (χ1v) is 23.5. The van der Waals surface area contributed by atoms with Gasteiger partial charge in [0.15, 0.2) is 0 Å². The van der Waals surface area contributed by atoms with Crippen LogP contribution in [0.25, 0.3) is 27.5 Å². The molecule has 6 aliphatic rings. The lowest BCUT2D eigenvalue weighted by molar-refractivity contribution is 0.194. The van der Waals surface area contributed by atoms with Gasteiger partial charge < -0.3 is 14.4 Å². The SMILES string of the molecule is Cc1cc(C)c2c(c1)N(c1cc3c4c(c1)-n1c5ccccc5c5cccc(c51)B4c1cc(C(C)(C)C)cc4c1N3C1(C)CCCCC41c1ccccc1)C1(C)CCCCC21C. The topological polar surface area (TPSA) is 11.4 Å². The van der Waals surface area contributed by atoms with Gasteiger partial charge in [0.25, 0.3) is 6.71 Å². The summed E-state index contributed by atoms with van der Waals surface area (Å²) in [5.74, 6) is 0. The molecular formula is C57H58BN3. The van der Waals surface area contributed by atoms with Crippen molar-refractivity contribution in [1.29, 1.82) is 0 Å². The molecule has 0 N–H and O–H groups in total. The Bertz CT molecular complexity index is 3080. The van der Waals surface area contributed by atoms with E-state index in [4.69, 9.17) is 0 Å². The molecule has 4 atom stereocenters. The number of benzene rings is 6. The molecule has 0 spiro atoms. The highest BCUT2D eigenvalue weighted by Gasteiger charge is 2.65. The predicted molar refractivity (Wildman–Crippen MR) is 259 cm³/mol. The van der Waals surface area contributed by atoms with E-state index in [1.54, 1.807) is 11.1 Å². The first-order chi connectivity index (χ1) is 29.3. The van der Waals surface area contributed by atoms with E-state index in [0.29, 0.717) is 0 Å². The molecule has 0 radical (unpaired) electrons. The van der Waals surface area contributed by atoms with Crippen molar-refractivity contribution >= 4 is 67.7 Å². The molecule has 4 aliphatic heterocycles. The van der Waals surface area contributed by atoms with Crippen LogP contribution >= 0.6 is 0 Å². The first-order valence-electron chi connectivity index (χ1n) is 23.5. The molecule has 2 saturated carbocycles. The van der Waals surface area contributed by atoms with Crippen molar-refractivity contribution < 1.29 is 0 Å². The van der Waals surface area contributed by atoms with Crippen LogP contribution in [-0.2, 0) is 16.2 Å². The van der Waals surface area contributed by atoms with Gasteiger partial charge in [-0.3, -0.25) is 0 Å². The van der Waals surface area contributed by atoms with E-state index in [1.807, 2.05) is 0 Å². The summed E-state index contributed by atoms with van der Waals surface area (Å²) < 4.78 is 2.70. The summed E-state index contributed by atoms with van der Waals surface area (Å²) in [6.45, 7) is 20.0. The number of para-hydroxylation sites is 2. The van der Waals surface area contributed by atoms with Gasteiger partial charge in [-0.2, -0.15) is 0 Å². The summed E-state index contributed by atoms with van der Waals surface area (Å²) in [5.41, 5.74) is 22.8. The zero-order chi connectivity index (χ0) is 41.6. The normalized spacial score (nSPS) is 26.7. The molecule has 4 heteroatoms. The highest BCUT2D eigenvalue weighted by Crippen LogP contribution is 2.66. The molecule has 2 fully saturated rings. The van der Waals surface area contributed by atoms with E-state index < -0.39 is 0 Å². The van der Waals surface area contributed by atoms with Gasteiger partial charge in [-0.25, -0.2) is 0 Å². The Morgan fingerprint density at radius 3 is 2.11 bits per heavy atom. The maximum absolute atomic E-state index is 2.97. The quantitative estimate of drug-likeness (QED) is 0.162. The average molecular weight is 796 g/mol. The fraction of sp³-hybridized carbons (Fsp3) is 0.368. The fourth-order valence-corrected chi connectivity index (χ4v) is 15.1. The molecule has 6 aromatic carbocycles. The third kappa shape index (κ3) is 4.15. The van der Waals surface area contributed by atoms with Crippen LogP contribution in [0.2, 0.25) is 0 Å². The number of anilines is 4. The minimum absolute atomic E-state index is 0.00800. The van der Waals surface area contributed by atoms with Gasteiger partial charge in [-0.1, -0.05) is 138 Å². The Labute approximate surface area is 362 Å². The Kier molecular flexibility index (Phi) is 6.94. The van der Waals surface area contributed by atoms with Crippen molar-refractivity contribution in [3.8, 4) is 5.69 Å². The zero-order valence-corrected chi connectivity index (χ0v) is 37.5. The van der Waals surface area contributed by atoms with Crippen LogP contribution in [0.1, 0.15) is 126 Å². The van der Waals surface area contributed by atoms with E-state index in [0.717, 1.165) is 12.8 Å². The molecule has 304 valence electrons. The maximum Gasteiger partial charge on any atom is 0.252 e. The molecule has 7 aromatic rings. The molecule has 2 aliphatic carbocycles. The van der Waals surface area contributed by atoms with Gasteiger partial charge in [-0.05, 0) is 133 Å². The van der Waals surface area contributed by atoms with Gasteiger partial charge in [0.1, 0.15) is 0 Å². The standard InChI is InChI=1S/C57H58BN3/c1-35-29-36(2)49-46(30-35)60(55(7)26-15-14-25-54(49,55)6)39-33-47-50-48(34-39)61-52-42(57(37-19-10-9-11-20-37)28-17-16-27-56(57,61)8)31-38(53(3,4)5)32-44(52)58(50)43-23-18-22-41-40-21-12-13-24-45(40)59(47)51(41)43/h9-13,18-24,29-34H,14-17,25-28H2,1-8H3. The predicted octanol–water partition coefficient (Wildman–Crippen LogP) is 12.4. The van der Waals surface area contributed by atoms with Crippen molar-refractivity contribution in [3.63, 3.8) is 0 Å². The minimum atomic E-state index is -0.165. The molecule has 0 bridgehead atoms. The third-order valence-electron chi connectivity index (χ3n) is 17.9. The highest BCUT2D eigenvalue weighted by molar-refractivity contribution is 7.00. The number of hydrogen-bond acceptors (Lipinski definition) is 2. The third-order valence-corrected chi connectivity index (χ3v) is 17.9. The van der Waals surface area contributed by atoms with Crippen molar-refractivity contribution in [2.45, 2.75) is 134 Å². The first kappa shape index (κ1) is 36.4. The molecule has 13 rings (SSSR count). The lowest BCUT2D eigenvalue weighted by Crippen LogP contribution is -2.64. The number of fused-ring (bicyclic) bond motifs is 13. The Morgan fingerprint density at radius 2 is 1.31 bits per heavy atom. The number of rotatable bonds is 2. The second-order valence-electron chi connectivity index (χ2n) is 21.9. The summed E-state index contributed by atoms with van der Waals surface area (Å²) in [5, 5.41) is 2.71. The van der Waals surface area contributed by atoms with E-state index in [9.17, 15) is 0 Å². The van der Waals surface area contributed by atoms with Crippen LogP contribution < -0.4 is 26.2 Å². The zero-order valence-electron chi connectivity index (χ0n) is 37.5. The number of aryl methyl sites for hydroxylation is 2. The Hall–Kier alpha value is -5.22. The van der Waals surface area contributed by atoms with Crippen LogP contribution in [0, 0.1) is 13.8 Å². The van der Waals surface area contributed by atoms with Gasteiger partial charge >= 0.3 is 0 Å². The second kappa shape index (κ2) is 11.6. The molecule has 3 nitrogen and oxygen atoms in total. The monoisotopic (exact) mass is 795 g/mol. The molecular weight excluding hydrogens is 737 g/mol. The summed E-state index contributed by atoms with van der Waals surface area (Å²) in [6, 6.07) is 43.8. The van der Waals surface area contributed by atoms with Crippen LogP contribution in [0.4, 0.5) is 22.7 Å². The van der Waals surface area contributed by atoms with E-state index in [2.05, 4.69) is 179 Å². The summed E-state index contributed by atoms with van der Waals surface area (Å²) in [4.78, 5) is 5.84. The molecule has 0 saturated heterocycles. The highest BCUT2D eigenvalue weighted by atomic mass is 15.3. The summed E-state index contributed by atoms with van der Waals surface area (Å²) in [6.07, 6.45) is 9.76. The van der Waals surface area contributed by atoms with Gasteiger partial charge in [0.2, 0.25) is 0 Å². The van der Waals surface area contributed by atoms with Gasteiger partial charge in [-0.15, -0.1) is 0 Å². The van der Waals surface area contributed by atoms with Crippen LogP contribution in [0.15, 0.2) is 109 Å². The van der Waals surface area contributed by atoms with Crippen LogP contribution in [0.5, 0.6) is 0 Å². The Balaban J connectivity index is 1.21. The molecule has 61 heavy (non-hydrogen) atoms. The smallest absolute Gasteiger partial charge is 0.252 e. The lowest BCUT2D eigenvalue weighted by Gasteiger charge is -2.54. The summed E-state index contributed by atoms with van der Waals surface area (Å²) >= 11 is 0. The van der Waals surface area contributed by atoms with Crippen molar-refractivity contribution in [3.05, 3.63) is 143 Å². The van der Waals surface area contributed by atoms with Crippen LogP contribution in [0.3, 0.4) is 0 Å². The van der Waals surface area contributed by atoms with E-state index >= 15 is 0 Å². The fourth-order valence-electron chi connectivity index (χ4n) is 15.1. The second-order valence-corrected chi connectivity index (χ2v) is 21.9. The van der Waals surface area contributed by atoms with Gasteiger partial charge in [0, 0.05) is 55.6 Å². The maximum atomic E-state index is 2.97. The van der Waals surface area contributed by atoms with Crippen LogP contribution in [-0.4, -0.2) is 22.4 Å². The van der Waals surface area contributed by atoms with E-state index in [1.165, 1.54) is 127 Å².